The number of carbonyl (C=O) groups excluding carboxylic acids is 2. The number of likely N-dealkylation sites (tertiary alicyclic amines) is 1. The highest BCUT2D eigenvalue weighted by Gasteiger charge is 2.58. The van der Waals surface area contributed by atoms with Crippen LogP contribution < -0.4 is 16.5 Å². The largest absolute Gasteiger partial charge is 0.393 e. The summed E-state index contributed by atoms with van der Waals surface area (Å²) in [7, 11) is 0. The Kier molecular flexibility index (Phi) is 14.8. The van der Waals surface area contributed by atoms with Gasteiger partial charge in [-0.2, -0.15) is 0 Å². The van der Waals surface area contributed by atoms with Crippen molar-refractivity contribution in [3.8, 4) is 0 Å². The minimum absolute atomic E-state index is 0.0434. The van der Waals surface area contributed by atoms with E-state index in [0.717, 1.165) is 92.1 Å². The Bertz CT molecular complexity index is 1650. The van der Waals surface area contributed by atoms with E-state index in [1.807, 2.05) is 18.2 Å². The molecule has 2 amide bonds. The highest BCUT2D eigenvalue weighted by molar-refractivity contribution is 14.1. The number of ether oxygens (including phenoxy) is 1. The van der Waals surface area contributed by atoms with Crippen LogP contribution in [0.25, 0.3) is 0 Å². The maximum atomic E-state index is 12.9. The summed E-state index contributed by atoms with van der Waals surface area (Å²) < 4.78 is 8.31. The first kappa shape index (κ1) is 43.2. The van der Waals surface area contributed by atoms with Gasteiger partial charge < -0.3 is 26.3 Å². The average Bonchev–Trinajstić information content (AvgIpc) is 3.46. The first-order chi connectivity index (χ1) is 26.8. The number of rotatable bonds is 13. The zero-order valence-electron chi connectivity index (χ0n) is 34.8. The van der Waals surface area contributed by atoms with Crippen molar-refractivity contribution < 1.29 is 19.4 Å². The van der Waals surface area contributed by atoms with E-state index in [1.54, 1.807) is 5.57 Å². The number of halogens is 1. The van der Waals surface area contributed by atoms with Crippen molar-refractivity contribution >= 4 is 40.1 Å². The molecule has 1 aromatic carbocycles. The van der Waals surface area contributed by atoms with Crippen molar-refractivity contribution in [2.75, 3.05) is 26.2 Å². The fourth-order valence-corrected chi connectivity index (χ4v) is 11.9. The van der Waals surface area contributed by atoms with Crippen LogP contribution in [0, 0.1) is 32.7 Å². The number of piperidine rings is 1. The SMILES string of the molecule is CC1=C2C[C@@H](C)[C@@]3(C)CC[C@H](O)C/C3=C/CC[C@@H]2CC[C@]12O[C@@H]1C[C@H](C)CN(CCNC(=O)CCCCCNC(=O)CCc3ccc(N=NN)c(I)c3)[C@H]1[C@H]2C. The second-order valence-electron chi connectivity index (χ2n) is 18.3. The van der Waals surface area contributed by atoms with Crippen LogP contribution in [-0.4, -0.2) is 71.9 Å². The van der Waals surface area contributed by atoms with Crippen LogP contribution in [0.15, 0.2) is 51.3 Å². The Labute approximate surface area is 349 Å². The Morgan fingerprint density at radius 3 is 2.61 bits per heavy atom. The molecule has 10 nitrogen and oxygen atoms in total. The maximum Gasteiger partial charge on any atom is 0.220 e. The third-order valence-electron chi connectivity index (χ3n) is 14.7. The third kappa shape index (κ3) is 9.74. The number of aliphatic hydroxyl groups excluding tert-OH is 1. The molecule has 11 heteroatoms. The molecule has 310 valence electrons. The summed E-state index contributed by atoms with van der Waals surface area (Å²) in [6, 6.07) is 6.19. The van der Waals surface area contributed by atoms with Crippen LogP contribution in [0.1, 0.15) is 130 Å². The average molecular weight is 885 g/mol. The van der Waals surface area contributed by atoms with E-state index in [2.05, 4.69) is 89.2 Å². The Hall–Kier alpha value is -2.35. The van der Waals surface area contributed by atoms with Gasteiger partial charge in [-0.1, -0.05) is 62.6 Å². The summed E-state index contributed by atoms with van der Waals surface area (Å²) in [4.78, 5) is 27.9. The van der Waals surface area contributed by atoms with Gasteiger partial charge in [0.15, 0.2) is 0 Å². The normalized spacial score (nSPS) is 34.5. The molecule has 9 atom stereocenters. The molecule has 0 unspecified atom stereocenters. The molecule has 2 aliphatic heterocycles. The lowest BCUT2D eigenvalue weighted by Crippen LogP contribution is -2.54. The number of unbranched alkanes of at least 4 members (excludes halogenated alkanes) is 2. The van der Waals surface area contributed by atoms with Crippen LogP contribution >= 0.6 is 22.6 Å². The van der Waals surface area contributed by atoms with Crippen molar-refractivity contribution in [1.29, 1.82) is 0 Å². The highest BCUT2D eigenvalue weighted by atomic mass is 127. The fourth-order valence-electron chi connectivity index (χ4n) is 11.2. The summed E-state index contributed by atoms with van der Waals surface area (Å²) >= 11 is 2.20. The number of aliphatic hydroxyl groups is 1. The number of aryl methyl sites for hydroxylation is 1. The predicted octanol–water partition coefficient (Wildman–Crippen LogP) is 8.48. The second-order valence-corrected chi connectivity index (χ2v) is 19.4. The van der Waals surface area contributed by atoms with E-state index in [4.69, 9.17) is 10.6 Å². The molecule has 0 bridgehead atoms. The molecule has 0 aromatic heterocycles. The molecule has 6 rings (SSSR count). The van der Waals surface area contributed by atoms with Crippen molar-refractivity contribution in [2.45, 2.75) is 155 Å². The number of nitrogens with zero attached hydrogens (tertiary/aromatic N) is 3. The van der Waals surface area contributed by atoms with Crippen LogP contribution in [0.2, 0.25) is 0 Å². The number of hydrogen-bond acceptors (Lipinski definition) is 7. The number of fused-ring (bicyclic) bond motifs is 3. The van der Waals surface area contributed by atoms with E-state index in [-0.39, 0.29) is 35.0 Å². The van der Waals surface area contributed by atoms with E-state index in [9.17, 15) is 14.7 Å². The number of hydrogen-bond donors (Lipinski definition) is 4. The molecule has 1 aromatic rings. The third-order valence-corrected chi connectivity index (χ3v) is 15.6. The Morgan fingerprint density at radius 1 is 1.04 bits per heavy atom. The monoisotopic (exact) mass is 884 g/mol. The van der Waals surface area contributed by atoms with E-state index in [1.165, 1.54) is 24.0 Å². The number of nitrogens with one attached hydrogen (secondary N) is 2. The zero-order valence-corrected chi connectivity index (χ0v) is 36.9. The maximum absolute atomic E-state index is 12.9. The fraction of sp³-hybridized carbons (Fsp3) is 0.733. The first-order valence-corrected chi connectivity index (χ1v) is 22.8. The van der Waals surface area contributed by atoms with E-state index < -0.39 is 0 Å². The van der Waals surface area contributed by atoms with Gasteiger partial charge in [0.1, 0.15) is 5.69 Å². The standard InChI is InChI=1S/C45H69IN6O4/c1-29-24-40-43(32(4)45(56-40)20-17-34-10-9-11-35-27-36(53)18-19-44(35,5)30(2)25-37(34)31(45)3)52(28-29)23-22-49-41(54)12-7-6-8-21-48-42(55)16-14-33-13-15-39(50-51-47)38(46)26-33/h11,13,15,26,29-30,32,34,36,40,43,53H,6-10,12,14,16-25,27-28H2,1-5H3,(H2,47,50)(H,48,55)(H,49,54)/b35-11-/t29-,30+,32+,34+,36-,40+,43-,44+,45-/m0/s1. The lowest BCUT2D eigenvalue weighted by molar-refractivity contribution is -0.122. The molecule has 2 heterocycles. The number of allylic oxidation sites excluding steroid dienone is 2. The lowest BCUT2D eigenvalue weighted by atomic mass is 9.60. The van der Waals surface area contributed by atoms with Gasteiger partial charge in [-0.3, -0.25) is 14.5 Å². The topological polar surface area (TPSA) is 142 Å². The van der Waals surface area contributed by atoms with Gasteiger partial charge in [-0.05, 0) is 153 Å². The molecule has 1 saturated carbocycles. The van der Waals surface area contributed by atoms with Crippen LogP contribution in [-0.2, 0) is 20.7 Å². The van der Waals surface area contributed by atoms with Crippen molar-refractivity contribution in [1.82, 2.24) is 15.5 Å². The molecular weight excluding hydrogens is 815 g/mol. The van der Waals surface area contributed by atoms with Crippen molar-refractivity contribution in [3.05, 3.63) is 50.1 Å². The van der Waals surface area contributed by atoms with E-state index in [0.29, 0.717) is 62.1 Å². The van der Waals surface area contributed by atoms with Gasteiger partial charge in [-0.25, -0.2) is 0 Å². The molecule has 1 spiro atoms. The van der Waals surface area contributed by atoms with Gasteiger partial charge in [0.25, 0.3) is 0 Å². The van der Waals surface area contributed by atoms with Crippen molar-refractivity contribution in [2.24, 2.45) is 45.3 Å². The predicted molar refractivity (Wildman–Crippen MR) is 231 cm³/mol. The van der Waals surface area contributed by atoms with Gasteiger partial charge in [0, 0.05) is 54.6 Å². The molecule has 0 radical (unpaired) electrons. The quantitative estimate of drug-likeness (QED) is 0.0391. The minimum Gasteiger partial charge on any atom is -0.393 e. The molecule has 3 fully saturated rings. The molecule has 56 heavy (non-hydrogen) atoms. The first-order valence-electron chi connectivity index (χ1n) is 21.8. The summed E-state index contributed by atoms with van der Waals surface area (Å²) in [6.45, 7) is 15.4. The molecule has 5 aliphatic rings. The van der Waals surface area contributed by atoms with Crippen LogP contribution in [0.3, 0.4) is 0 Å². The Balaban J connectivity index is 0.950. The highest BCUT2D eigenvalue weighted by Crippen LogP contribution is 2.57. The number of carbonyl (C=O) groups is 2. The van der Waals surface area contributed by atoms with Gasteiger partial charge in [0.05, 0.1) is 17.8 Å². The van der Waals surface area contributed by atoms with Gasteiger partial charge >= 0.3 is 0 Å². The summed E-state index contributed by atoms with van der Waals surface area (Å²) in [5.41, 5.74) is 6.46. The summed E-state index contributed by atoms with van der Waals surface area (Å²) in [6.07, 6.45) is 16.4. The summed E-state index contributed by atoms with van der Waals surface area (Å²) in [5, 5.41) is 24.0. The zero-order chi connectivity index (χ0) is 40.0. The number of benzene rings is 1. The molecule has 2 saturated heterocycles. The second kappa shape index (κ2) is 19.1. The van der Waals surface area contributed by atoms with Gasteiger partial charge in [-0.15, -0.1) is 5.11 Å². The minimum atomic E-state index is -0.205. The number of nitrogens with two attached hydrogens (primary N) is 1. The molecule has 3 aliphatic carbocycles. The Morgan fingerprint density at radius 2 is 1.82 bits per heavy atom. The lowest BCUT2D eigenvalue weighted by Gasteiger charge is -2.46. The van der Waals surface area contributed by atoms with E-state index >= 15 is 0 Å². The molecular formula is C45H69IN6O4. The van der Waals surface area contributed by atoms with Crippen LogP contribution in [0.5, 0.6) is 0 Å². The van der Waals surface area contributed by atoms with Gasteiger partial charge in [0.2, 0.25) is 11.8 Å². The van der Waals surface area contributed by atoms with Crippen molar-refractivity contribution in [3.63, 3.8) is 0 Å². The van der Waals surface area contributed by atoms with Crippen LogP contribution in [0.4, 0.5) is 5.69 Å². The number of amides is 2. The molecule has 5 N–H and O–H groups in total. The summed E-state index contributed by atoms with van der Waals surface area (Å²) in [5.74, 6) is 7.42. The smallest absolute Gasteiger partial charge is 0.220 e.